The van der Waals surface area contributed by atoms with Crippen LogP contribution in [0.1, 0.15) is 62.3 Å². The molecule has 0 amide bonds. The summed E-state index contributed by atoms with van der Waals surface area (Å²) in [6.45, 7) is 4.00. The van der Waals surface area contributed by atoms with E-state index < -0.39 is 58.4 Å². The van der Waals surface area contributed by atoms with Gasteiger partial charge in [0.05, 0.1) is 0 Å². The van der Waals surface area contributed by atoms with Gasteiger partial charge in [0.15, 0.2) is 6.49 Å². The molecule has 0 aliphatic heterocycles. The highest BCUT2D eigenvalue weighted by molar-refractivity contribution is 8.12. The Morgan fingerprint density at radius 1 is 0.472 bits per heavy atom. The van der Waals surface area contributed by atoms with Crippen LogP contribution in [0.25, 0.3) is 0 Å². The predicted octanol–water partition coefficient (Wildman–Crippen LogP) is 3.59. The van der Waals surface area contributed by atoms with E-state index in [0.29, 0.717) is 0 Å². The van der Waals surface area contributed by atoms with Gasteiger partial charge in [0.25, 0.3) is 0 Å². The molecule has 0 bridgehead atoms. The highest BCUT2D eigenvalue weighted by Crippen LogP contribution is 2.70. The van der Waals surface area contributed by atoms with E-state index in [4.69, 9.17) is 34.3 Å². The molecule has 24 heteroatoms. The van der Waals surface area contributed by atoms with Gasteiger partial charge in [0.1, 0.15) is 0 Å². The van der Waals surface area contributed by atoms with Crippen LogP contribution in [0.4, 0.5) is 0 Å². The van der Waals surface area contributed by atoms with Gasteiger partial charge in [-0.3, -0.25) is 0 Å². The van der Waals surface area contributed by atoms with E-state index in [1.54, 1.807) is 41.5 Å². The molecule has 0 aromatic heterocycles. The normalized spacial score (nSPS) is 18.8. The highest BCUT2D eigenvalue weighted by Gasteiger charge is 2.42. The Labute approximate surface area is 226 Å². The lowest BCUT2D eigenvalue weighted by atomic mass is 10.3. The van der Waals surface area contributed by atoms with Crippen LogP contribution in [-0.4, -0.2) is 59.5 Å². The predicted molar refractivity (Wildman–Crippen MR) is 148 cm³/mol. The fourth-order valence-corrected chi connectivity index (χ4v) is 7.91. The number of phosphoric acid groups is 3. The SMILES string of the molecule is CC(C)(C)P(O)(=S)OP(=O)(O)O.CC(C)(C)P(O)(=S)OP(=O)(O)OP(=O)(O)O.CC(C)(C)P(O)(O)=S. The summed E-state index contributed by atoms with van der Waals surface area (Å²) >= 11 is 13.6. The second kappa shape index (κ2) is 13.9. The van der Waals surface area contributed by atoms with Crippen LogP contribution in [0, 0.1) is 0 Å². The van der Waals surface area contributed by atoms with Crippen LogP contribution >= 0.6 is 42.9 Å². The van der Waals surface area contributed by atoms with E-state index in [0.717, 1.165) is 0 Å². The molecule has 9 N–H and O–H groups in total. The molecule has 0 aliphatic rings. The minimum atomic E-state index is -5.20. The molecule has 0 aromatic carbocycles. The second-order valence-corrected chi connectivity index (χ2v) is 26.3. The fourth-order valence-electron chi connectivity index (χ4n) is 0.678. The molecule has 36 heavy (non-hydrogen) atoms. The van der Waals surface area contributed by atoms with Crippen LogP contribution < -0.4 is 0 Å². The van der Waals surface area contributed by atoms with Gasteiger partial charge in [-0.2, -0.15) is 4.31 Å². The first-order valence-corrected chi connectivity index (χ1v) is 21.8. The third kappa shape index (κ3) is 20.1. The molecule has 0 heterocycles. The van der Waals surface area contributed by atoms with Crippen molar-refractivity contribution >= 4 is 78.4 Å². The molecule has 0 aliphatic carbocycles. The van der Waals surface area contributed by atoms with Crippen LogP contribution in [0.3, 0.4) is 0 Å². The van der Waals surface area contributed by atoms with Crippen LogP contribution in [-0.2, 0) is 62.0 Å². The molecule has 0 rings (SSSR count). The van der Waals surface area contributed by atoms with Gasteiger partial charge < -0.3 is 44.0 Å². The quantitative estimate of drug-likeness (QED) is 0.179. The molecule has 0 fully saturated rings. The molecule has 3 unspecified atom stereocenters. The Kier molecular flexibility index (Phi) is 16.4. The Bertz CT molecular complexity index is 1010. The summed E-state index contributed by atoms with van der Waals surface area (Å²) in [5.74, 6) is 0. The molecule has 0 saturated heterocycles. The smallest absolute Gasteiger partial charge is 0.345 e. The van der Waals surface area contributed by atoms with E-state index in [-0.39, 0.29) is 0 Å². The van der Waals surface area contributed by atoms with Crippen molar-refractivity contribution in [2.45, 2.75) is 77.8 Å². The molecule has 3 atom stereocenters. The fraction of sp³-hybridized carbons (Fsp3) is 1.00. The first kappa shape index (κ1) is 42.6. The molecule has 222 valence electrons. The maximum Gasteiger partial charge on any atom is 0.486 e. The summed E-state index contributed by atoms with van der Waals surface area (Å²) in [5, 5.41) is -2.38. The van der Waals surface area contributed by atoms with E-state index in [1.165, 1.54) is 20.8 Å². The van der Waals surface area contributed by atoms with Crippen molar-refractivity contribution in [3.8, 4) is 0 Å². The summed E-state index contributed by atoms with van der Waals surface area (Å²) in [7, 11) is -15.0. The lowest BCUT2D eigenvalue weighted by molar-refractivity contribution is 0.227. The van der Waals surface area contributed by atoms with E-state index in [1.807, 2.05) is 0 Å². The zero-order chi connectivity index (χ0) is 30.6. The molecule has 15 nitrogen and oxygen atoms in total. The van der Waals surface area contributed by atoms with Crippen molar-refractivity contribution in [1.82, 2.24) is 0 Å². The number of rotatable bonds is 6. The number of hydrogen-bond donors (Lipinski definition) is 9. The maximum atomic E-state index is 11.1. The van der Waals surface area contributed by atoms with Crippen LogP contribution in [0.5, 0.6) is 0 Å². The minimum absolute atomic E-state index is 0.525. The zero-order valence-corrected chi connectivity index (χ0v) is 28.7. The standard InChI is InChI=1S/C4H13O8P3S.C4H12O5P2S.C4H11O2PS/c1-4(2,3)13(5,16)11-15(9,10)12-14(6,7)8;1-4(2,3)10(5,12)9-11(6,7)8;1-4(2,3)7(5,6)8/h1-3H3,(H,5,16)(H,9,10)(H2,6,7,8);1-3H3,(H,5,12)(H2,6,7,8);1-3H3,(H2,5,6,8). The topological polar surface area (TPSA) is 261 Å². The van der Waals surface area contributed by atoms with Gasteiger partial charge in [0, 0.05) is 15.5 Å². The van der Waals surface area contributed by atoms with E-state index in [9.17, 15) is 23.5 Å². The maximum absolute atomic E-state index is 11.1. The van der Waals surface area contributed by atoms with Crippen molar-refractivity contribution in [2.75, 3.05) is 0 Å². The Morgan fingerprint density at radius 2 is 0.694 bits per heavy atom. The average Bonchev–Trinajstić information content (AvgIpc) is 2.36. The zero-order valence-electron chi connectivity index (χ0n) is 20.9. The van der Waals surface area contributed by atoms with Crippen molar-refractivity contribution < 1.29 is 70.7 Å². The molecule has 0 aromatic rings. The summed E-state index contributed by atoms with van der Waals surface area (Å²) in [5.41, 5.74) is 0. The van der Waals surface area contributed by atoms with Crippen molar-refractivity contribution in [2.24, 2.45) is 0 Å². The summed E-state index contributed by atoms with van der Waals surface area (Å²) in [6.07, 6.45) is 0. The van der Waals surface area contributed by atoms with Gasteiger partial charge in [-0.1, -0.05) is 62.3 Å². The largest absolute Gasteiger partial charge is 0.486 e. The minimum Gasteiger partial charge on any atom is -0.345 e. The lowest BCUT2D eigenvalue weighted by Crippen LogP contribution is -2.15. The molecule has 0 saturated carbocycles. The van der Waals surface area contributed by atoms with Crippen LogP contribution in [0.2, 0.25) is 0 Å². The van der Waals surface area contributed by atoms with Crippen molar-refractivity contribution in [1.29, 1.82) is 0 Å². The first-order valence-electron chi connectivity index (χ1n) is 9.16. The monoisotopic (exact) mass is 702 g/mol. The van der Waals surface area contributed by atoms with Gasteiger partial charge >= 0.3 is 23.5 Å². The van der Waals surface area contributed by atoms with Gasteiger partial charge in [0.2, 0.25) is 13.0 Å². The van der Waals surface area contributed by atoms with E-state index in [2.05, 4.69) is 48.4 Å². The van der Waals surface area contributed by atoms with Crippen molar-refractivity contribution in [3.05, 3.63) is 0 Å². The molecule has 0 radical (unpaired) electrons. The molecule has 0 spiro atoms. The Morgan fingerprint density at radius 3 is 0.833 bits per heavy atom. The summed E-state index contributed by atoms with van der Waals surface area (Å²) in [6, 6.07) is 0. The highest BCUT2D eigenvalue weighted by atomic mass is 32.5. The third-order valence-electron chi connectivity index (χ3n) is 3.21. The first-order chi connectivity index (χ1) is 14.9. The third-order valence-corrected chi connectivity index (χ3v) is 19.6. The van der Waals surface area contributed by atoms with E-state index >= 15 is 0 Å². The van der Waals surface area contributed by atoms with Crippen LogP contribution in [0.15, 0.2) is 0 Å². The Balaban J connectivity index is -0.000000481. The Hall–Kier alpha value is 2.16. The van der Waals surface area contributed by atoms with Gasteiger partial charge in [-0.15, -0.1) is 0 Å². The lowest BCUT2D eigenvalue weighted by Gasteiger charge is -2.29. The number of hydrogen-bond acceptors (Lipinski definition) is 9. The molecular weight excluding hydrogens is 666 g/mol. The average molecular weight is 702 g/mol. The second-order valence-electron chi connectivity index (χ2n) is 9.79. The van der Waals surface area contributed by atoms with Crippen molar-refractivity contribution in [3.63, 3.8) is 0 Å². The summed E-state index contributed by atoms with van der Waals surface area (Å²) in [4.78, 5) is 79.1. The summed E-state index contributed by atoms with van der Waals surface area (Å²) < 4.78 is 43.7. The van der Waals surface area contributed by atoms with Gasteiger partial charge in [-0.25, -0.2) is 22.3 Å². The van der Waals surface area contributed by atoms with Gasteiger partial charge in [-0.05, 0) is 35.4 Å². The molecular formula is C12H36O15P6S3.